The van der Waals surface area contributed by atoms with Gasteiger partial charge in [-0.1, -0.05) is 6.07 Å². The lowest BCUT2D eigenvalue weighted by Crippen LogP contribution is -2.45. The van der Waals surface area contributed by atoms with Crippen molar-refractivity contribution in [1.29, 1.82) is 0 Å². The van der Waals surface area contributed by atoms with Crippen molar-refractivity contribution in [2.75, 3.05) is 11.6 Å². The zero-order valence-electron chi connectivity index (χ0n) is 10.0. The van der Waals surface area contributed by atoms with E-state index in [9.17, 15) is 13.2 Å². The molecule has 1 amide bonds. The van der Waals surface area contributed by atoms with Crippen molar-refractivity contribution in [1.82, 2.24) is 0 Å². The summed E-state index contributed by atoms with van der Waals surface area (Å²) in [6.07, 6.45) is 1.11. The molecule has 0 aliphatic rings. The molecule has 3 N–H and O–H groups in total. The molecule has 1 aromatic rings. The van der Waals surface area contributed by atoms with Crippen LogP contribution in [0.5, 0.6) is 0 Å². The Morgan fingerprint density at radius 3 is 2.41 bits per heavy atom. The number of carbonyl (C=O) groups excluding carboxylic acids is 1. The Bertz CT molecular complexity index is 530. The summed E-state index contributed by atoms with van der Waals surface area (Å²) in [6, 6.07) is 6.05. The van der Waals surface area contributed by atoms with Gasteiger partial charge in [0, 0.05) is 11.9 Å². The highest BCUT2D eigenvalue weighted by molar-refractivity contribution is 7.90. The highest BCUT2D eigenvalue weighted by Crippen LogP contribution is 2.16. The number of hydrogen-bond donors (Lipinski definition) is 2. The molecule has 0 bridgehead atoms. The molecule has 1 rings (SSSR count). The van der Waals surface area contributed by atoms with Crippen LogP contribution in [0.25, 0.3) is 0 Å². The van der Waals surface area contributed by atoms with Crippen molar-refractivity contribution >= 4 is 21.4 Å². The van der Waals surface area contributed by atoms with E-state index in [4.69, 9.17) is 5.73 Å². The van der Waals surface area contributed by atoms with Gasteiger partial charge in [-0.3, -0.25) is 4.79 Å². The van der Waals surface area contributed by atoms with Gasteiger partial charge in [0.1, 0.15) is 0 Å². The van der Waals surface area contributed by atoms with Crippen molar-refractivity contribution in [3.05, 3.63) is 24.3 Å². The Balaban J connectivity index is 2.99. The number of rotatable bonds is 3. The smallest absolute Gasteiger partial charge is 0.243 e. The van der Waals surface area contributed by atoms with Crippen LogP contribution in [-0.2, 0) is 14.6 Å². The van der Waals surface area contributed by atoms with Crippen LogP contribution in [-0.4, -0.2) is 26.1 Å². The second-order valence-corrected chi connectivity index (χ2v) is 6.49. The predicted octanol–water partition coefficient (Wildman–Crippen LogP) is 0.766. The summed E-state index contributed by atoms with van der Waals surface area (Å²) in [7, 11) is -3.28. The largest absolute Gasteiger partial charge is 0.324 e. The van der Waals surface area contributed by atoms with Gasteiger partial charge in [0.2, 0.25) is 5.91 Å². The summed E-state index contributed by atoms with van der Waals surface area (Å²) < 4.78 is 22.7. The Labute approximate surface area is 101 Å². The molecular weight excluding hydrogens is 240 g/mol. The molecule has 0 aromatic heterocycles. The summed E-state index contributed by atoms with van der Waals surface area (Å²) in [5.41, 5.74) is 5.02. The van der Waals surface area contributed by atoms with E-state index in [0.29, 0.717) is 5.69 Å². The van der Waals surface area contributed by atoms with Crippen LogP contribution in [0.4, 0.5) is 5.69 Å². The molecule has 94 valence electrons. The van der Waals surface area contributed by atoms with Gasteiger partial charge >= 0.3 is 0 Å². The lowest BCUT2D eigenvalue weighted by molar-refractivity contribution is -0.120. The van der Waals surface area contributed by atoms with Gasteiger partial charge in [-0.05, 0) is 32.0 Å². The fraction of sp³-hybridized carbons (Fsp3) is 0.364. The zero-order chi connectivity index (χ0) is 13.3. The van der Waals surface area contributed by atoms with Crippen molar-refractivity contribution < 1.29 is 13.2 Å². The molecule has 0 saturated carbocycles. The van der Waals surface area contributed by atoms with E-state index in [-0.39, 0.29) is 10.8 Å². The fourth-order valence-corrected chi connectivity index (χ4v) is 1.76. The summed E-state index contributed by atoms with van der Waals surface area (Å²) in [4.78, 5) is 11.8. The maximum absolute atomic E-state index is 11.6. The van der Waals surface area contributed by atoms with E-state index in [1.807, 2.05) is 0 Å². The minimum Gasteiger partial charge on any atom is -0.324 e. The molecule has 0 fully saturated rings. The first kappa shape index (κ1) is 13.7. The lowest BCUT2D eigenvalue weighted by Gasteiger charge is -2.17. The summed E-state index contributed by atoms with van der Waals surface area (Å²) in [5, 5.41) is 2.57. The van der Waals surface area contributed by atoms with Crippen molar-refractivity contribution in [2.45, 2.75) is 24.3 Å². The van der Waals surface area contributed by atoms with Gasteiger partial charge in [-0.25, -0.2) is 8.42 Å². The average Bonchev–Trinajstić information content (AvgIpc) is 2.15. The second-order valence-electron chi connectivity index (χ2n) is 4.48. The van der Waals surface area contributed by atoms with E-state index in [1.165, 1.54) is 12.1 Å². The van der Waals surface area contributed by atoms with Gasteiger partial charge in [-0.2, -0.15) is 0 Å². The highest BCUT2D eigenvalue weighted by atomic mass is 32.2. The van der Waals surface area contributed by atoms with Crippen molar-refractivity contribution in [3.63, 3.8) is 0 Å². The van der Waals surface area contributed by atoms with E-state index >= 15 is 0 Å². The number of benzene rings is 1. The maximum atomic E-state index is 11.6. The Hall–Kier alpha value is -1.40. The number of sulfone groups is 1. The number of hydrogen-bond acceptors (Lipinski definition) is 4. The Kier molecular flexibility index (Phi) is 3.59. The quantitative estimate of drug-likeness (QED) is 0.835. The summed E-state index contributed by atoms with van der Waals surface area (Å²) in [6.45, 7) is 3.14. The molecule has 0 atom stereocenters. The molecule has 0 unspecified atom stereocenters. The van der Waals surface area contributed by atoms with E-state index < -0.39 is 15.4 Å². The van der Waals surface area contributed by atoms with Gasteiger partial charge in [0.05, 0.1) is 10.4 Å². The molecule has 0 aliphatic heterocycles. The van der Waals surface area contributed by atoms with Crippen LogP contribution in [0.1, 0.15) is 13.8 Å². The molecule has 0 heterocycles. The number of amides is 1. The monoisotopic (exact) mass is 256 g/mol. The van der Waals surface area contributed by atoms with Gasteiger partial charge < -0.3 is 11.1 Å². The lowest BCUT2D eigenvalue weighted by atomic mass is 10.1. The predicted molar refractivity (Wildman–Crippen MR) is 66.4 cm³/mol. The van der Waals surface area contributed by atoms with E-state index in [1.54, 1.807) is 26.0 Å². The topological polar surface area (TPSA) is 89.3 Å². The zero-order valence-corrected chi connectivity index (χ0v) is 10.8. The number of carbonyl (C=O) groups is 1. The second kappa shape index (κ2) is 4.46. The highest BCUT2D eigenvalue weighted by Gasteiger charge is 2.22. The van der Waals surface area contributed by atoms with Crippen LogP contribution < -0.4 is 11.1 Å². The van der Waals surface area contributed by atoms with Crippen LogP contribution in [0.3, 0.4) is 0 Å². The summed E-state index contributed by atoms with van der Waals surface area (Å²) >= 11 is 0. The third kappa shape index (κ3) is 3.83. The Morgan fingerprint density at radius 1 is 1.35 bits per heavy atom. The van der Waals surface area contributed by atoms with Crippen LogP contribution in [0, 0.1) is 0 Å². The molecule has 0 radical (unpaired) electrons. The van der Waals surface area contributed by atoms with Crippen LogP contribution in [0.2, 0.25) is 0 Å². The molecule has 0 saturated heterocycles. The average molecular weight is 256 g/mol. The number of anilines is 1. The SMILES string of the molecule is CC(C)(N)C(=O)Nc1cccc(S(C)(=O)=O)c1. The van der Waals surface area contributed by atoms with E-state index in [0.717, 1.165) is 6.26 Å². The van der Waals surface area contributed by atoms with E-state index in [2.05, 4.69) is 5.32 Å². The first-order valence-corrected chi connectivity index (χ1v) is 6.90. The van der Waals surface area contributed by atoms with Crippen LogP contribution in [0.15, 0.2) is 29.2 Å². The standard InChI is InChI=1S/C11H16N2O3S/c1-11(2,12)10(14)13-8-5-4-6-9(7-8)17(3,15)16/h4-7H,12H2,1-3H3,(H,13,14). The third-order valence-electron chi connectivity index (χ3n) is 2.11. The number of nitrogens with two attached hydrogens (primary N) is 1. The van der Waals surface area contributed by atoms with Crippen LogP contribution >= 0.6 is 0 Å². The third-order valence-corrected chi connectivity index (χ3v) is 3.22. The molecule has 1 aromatic carbocycles. The fourth-order valence-electron chi connectivity index (χ4n) is 1.10. The van der Waals surface area contributed by atoms with Gasteiger partial charge in [-0.15, -0.1) is 0 Å². The first-order valence-electron chi connectivity index (χ1n) is 5.01. The normalized spacial score (nSPS) is 12.2. The van der Waals surface area contributed by atoms with Crippen molar-refractivity contribution in [3.8, 4) is 0 Å². The molecular formula is C11H16N2O3S. The number of nitrogens with one attached hydrogen (secondary N) is 1. The summed E-state index contributed by atoms with van der Waals surface area (Å²) in [5.74, 6) is -0.372. The molecule has 17 heavy (non-hydrogen) atoms. The van der Waals surface area contributed by atoms with Gasteiger partial charge in [0.15, 0.2) is 9.84 Å². The maximum Gasteiger partial charge on any atom is 0.243 e. The molecule has 0 spiro atoms. The molecule has 6 heteroatoms. The Morgan fingerprint density at radius 2 is 1.94 bits per heavy atom. The first-order chi connectivity index (χ1) is 7.60. The minimum absolute atomic E-state index is 0.158. The van der Waals surface area contributed by atoms with Gasteiger partial charge in [0.25, 0.3) is 0 Å². The van der Waals surface area contributed by atoms with Crippen molar-refractivity contribution in [2.24, 2.45) is 5.73 Å². The molecule has 5 nitrogen and oxygen atoms in total. The minimum atomic E-state index is -3.28. The molecule has 0 aliphatic carbocycles.